The van der Waals surface area contributed by atoms with Crippen molar-refractivity contribution in [3.8, 4) is 5.88 Å². The Kier molecular flexibility index (Phi) is 2.85. The largest absolute Gasteiger partial charge is 0.481 e. The number of aromatic nitrogens is 2. The summed E-state index contributed by atoms with van der Waals surface area (Å²) >= 11 is 0. The first-order valence-electron chi connectivity index (χ1n) is 5.91. The lowest BCUT2D eigenvalue weighted by Gasteiger charge is -2.30. The van der Waals surface area contributed by atoms with E-state index in [0.29, 0.717) is 24.8 Å². The zero-order valence-electron chi connectivity index (χ0n) is 11.3. The van der Waals surface area contributed by atoms with E-state index < -0.39 is 5.60 Å². The van der Waals surface area contributed by atoms with Gasteiger partial charge in [-0.25, -0.2) is 0 Å². The lowest BCUT2D eigenvalue weighted by Crippen LogP contribution is -2.40. The van der Waals surface area contributed by atoms with Gasteiger partial charge in [-0.05, 0) is 6.92 Å². The first-order valence-corrected chi connectivity index (χ1v) is 5.91. The number of nitrogens with zero attached hydrogens (tertiary/aromatic N) is 3. The van der Waals surface area contributed by atoms with Gasteiger partial charge in [0.15, 0.2) is 0 Å². The molecule has 100 valence electrons. The summed E-state index contributed by atoms with van der Waals surface area (Å²) < 4.78 is 5.08. The summed E-state index contributed by atoms with van der Waals surface area (Å²) in [6.07, 6.45) is 0. The number of nitrogens with two attached hydrogens (primary N) is 1. The van der Waals surface area contributed by atoms with E-state index in [1.807, 2.05) is 25.7 Å². The van der Waals surface area contributed by atoms with Gasteiger partial charge >= 0.3 is 0 Å². The molecule has 0 radical (unpaired) electrons. The van der Waals surface area contributed by atoms with E-state index in [1.54, 1.807) is 6.07 Å². The molecule has 0 unspecified atom stereocenters. The molecule has 1 aliphatic heterocycles. The molecule has 2 rings (SSSR count). The molecule has 0 saturated carbocycles. The Morgan fingerprint density at radius 2 is 2.00 bits per heavy atom. The highest BCUT2D eigenvalue weighted by atomic mass is 16.5. The van der Waals surface area contributed by atoms with Crippen LogP contribution >= 0.6 is 0 Å². The number of nitrogen functional groups attached to an aromatic ring is 1. The van der Waals surface area contributed by atoms with Crippen molar-refractivity contribution in [2.75, 3.05) is 30.8 Å². The zero-order chi connectivity index (χ0) is 13.6. The SMILES string of the molecule is COc1cc(N2CC(C)(C)[C@](C)(O)C2)nc(N)n1. The highest BCUT2D eigenvalue weighted by molar-refractivity contribution is 5.47. The van der Waals surface area contributed by atoms with Gasteiger partial charge < -0.3 is 20.5 Å². The van der Waals surface area contributed by atoms with Crippen molar-refractivity contribution < 1.29 is 9.84 Å². The van der Waals surface area contributed by atoms with Crippen molar-refractivity contribution in [2.24, 2.45) is 5.41 Å². The van der Waals surface area contributed by atoms with E-state index in [0.717, 1.165) is 0 Å². The van der Waals surface area contributed by atoms with Crippen LogP contribution in [0.2, 0.25) is 0 Å². The van der Waals surface area contributed by atoms with Crippen molar-refractivity contribution in [1.82, 2.24) is 9.97 Å². The van der Waals surface area contributed by atoms with Crippen LogP contribution in [0.15, 0.2) is 6.07 Å². The van der Waals surface area contributed by atoms with Crippen molar-refractivity contribution >= 4 is 11.8 Å². The van der Waals surface area contributed by atoms with E-state index in [2.05, 4.69) is 9.97 Å². The van der Waals surface area contributed by atoms with Crippen molar-refractivity contribution in [2.45, 2.75) is 26.4 Å². The topological polar surface area (TPSA) is 84.5 Å². The predicted octanol–water partition coefficient (Wildman–Crippen LogP) is 0.665. The maximum atomic E-state index is 10.4. The Bertz CT molecular complexity index is 443. The summed E-state index contributed by atoms with van der Waals surface area (Å²) in [5.74, 6) is 1.29. The molecule has 6 nitrogen and oxygen atoms in total. The standard InChI is InChI=1S/C12H20N4O2/c1-11(2)6-16(7-12(11,3)17)8-5-9(18-4)15-10(13)14-8/h5,17H,6-7H2,1-4H3,(H2,13,14,15)/t12-/m1/s1. The highest BCUT2D eigenvalue weighted by Crippen LogP contribution is 2.40. The maximum absolute atomic E-state index is 10.4. The van der Waals surface area contributed by atoms with Gasteiger partial charge in [-0.2, -0.15) is 9.97 Å². The molecule has 0 bridgehead atoms. The van der Waals surface area contributed by atoms with Crippen LogP contribution in [-0.4, -0.2) is 40.9 Å². The van der Waals surface area contributed by atoms with Gasteiger partial charge in [-0.3, -0.25) is 0 Å². The molecular weight excluding hydrogens is 232 g/mol. The van der Waals surface area contributed by atoms with E-state index in [4.69, 9.17) is 10.5 Å². The molecule has 2 heterocycles. The number of methoxy groups -OCH3 is 1. The second kappa shape index (κ2) is 3.98. The van der Waals surface area contributed by atoms with E-state index in [9.17, 15) is 5.11 Å². The normalized spacial score (nSPS) is 26.4. The van der Waals surface area contributed by atoms with Gasteiger partial charge in [0.1, 0.15) is 5.82 Å². The van der Waals surface area contributed by atoms with Crippen LogP contribution in [-0.2, 0) is 0 Å². The molecule has 1 saturated heterocycles. The molecule has 1 fully saturated rings. The average molecular weight is 252 g/mol. The van der Waals surface area contributed by atoms with E-state index in [-0.39, 0.29) is 11.4 Å². The molecule has 6 heteroatoms. The Balaban J connectivity index is 2.32. The molecule has 3 N–H and O–H groups in total. The quantitative estimate of drug-likeness (QED) is 0.804. The first kappa shape index (κ1) is 12.9. The summed E-state index contributed by atoms with van der Waals surface area (Å²) in [4.78, 5) is 10.1. The molecule has 0 spiro atoms. The van der Waals surface area contributed by atoms with Gasteiger partial charge in [0.05, 0.1) is 12.7 Å². The number of ether oxygens (including phenoxy) is 1. The van der Waals surface area contributed by atoms with Crippen LogP contribution in [0.4, 0.5) is 11.8 Å². The second-order valence-corrected chi connectivity index (χ2v) is 5.64. The minimum absolute atomic E-state index is 0.175. The Labute approximate surface area is 107 Å². The van der Waals surface area contributed by atoms with Crippen LogP contribution in [0.1, 0.15) is 20.8 Å². The summed E-state index contributed by atoms with van der Waals surface area (Å²) in [5.41, 5.74) is 4.67. The lowest BCUT2D eigenvalue weighted by molar-refractivity contribution is -0.00891. The van der Waals surface area contributed by atoms with E-state index >= 15 is 0 Å². The van der Waals surface area contributed by atoms with Gasteiger partial charge in [-0.15, -0.1) is 0 Å². The number of hydrogen-bond donors (Lipinski definition) is 2. The molecule has 1 aliphatic rings. The Morgan fingerprint density at radius 3 is 2.50 bits per heavy atom. The summed E-state index contributed by atoms with van der Waals surface area (Å²) in [7, 11) is 1.54. The number of anilines is 2. The maximum Gasteiger partial charge on any atom is 0.225 e. The number of hydrogen-bond acceptors (Lipinski definition) is 6. The molecule has 0 aliphatic carbocycles. The third-order valence-corrected chi connectivity index (χ3v) is 3.78. The van der Waals surface area contributed by atoms with Gasteiger partial charge in [0, 0.05) is 24.6 Å². The summed E-state index contributed by atoms with van der Waals surface area (Å²) in [6, 6.07) is 1.73. The lowest BCUT2D eigenvalue weighted by atomic mass is 9.79. The molecule has 0 aromatic carbocycles. The first-order chi connectivity index (χ1) is 8.25. The monoisotopic (exact) mass is 252 g/mol. The number of β-amino-alcohol motifs (C(OH)–C–C–N with tert-alkyl or cyclic N) is 1. The summed E-state index contributed by atoms with van der Waals surface area (Å²) in [6.45, 7) is 7.14. The van der Waals surface area contributed by atoms with Crippen LogP contribution < -0.4 is 15.4 Å². The van der Waals surface area contributed by atoms with E-state index in [1.165, 1.54) is 7.11 Å². The number of aliphatic hydroxyl groups is 1. The number of rotatable bonds is 2. The van der Waals surface area contributed by atoms with Crippen molar-refractivity contribution in [1.29, 1.82) is 0 Å². The van der Waals surface area contributed by atoms with Crippen LogP contribution in [0, 0.1) is 5.41 Å². The second-order valence-electron chi connectivity index (χ2n) is 5.64. The fourth-order valence-electron chi connectivity index (χ4n) is 2.15. The van der Waals surface area contributed by atoms with Crippen molar-refractivity contribution in [3.63, 3.8) is 0 Å². The van der Waals surface area contributed by atoms with Gasteiger partial charge in [-0.1, -0.05) is 13.8 Å². The molecule has 1 atom stereocenters. The minimum atomic E-state index is -0.764. The molecule has 1 aromatic rings. The fraction of sp³-hybridized carbons (Fsp3) is 0.667. The van der Waals surface area contributed by atoms with Crippen LogP contribution in [0.5, 0.6) is 5.88 Å². The van der Waals surface area contributed by atoms with Gasteiger partial charge in [0.2, 0.25) is 11.8 Å². The Morgan fingerprint density at radius 1 is 1.33 bits per heavy atom. The highest BCUT2D eigenvalue weighted by Gasteiger charge is 2.48. The molecule has 1 aromatic heterocycles. The van der Waals surface area contributed by atoms with Crippen LogP contribution in [0.3, 0.4) is 0 Å². The van der Waals surface area contributed by atoms with Crippen molar-refractivity contribution in [3.05, 3.63) is 6.07 Å². The Hall–Kier alpha value is -1.56. The zero-order valence-corrected chi connectivity index (χ0v) is 11.3. The molecular formula is C12H20N4O2. The fourth-order valence-corrected chi connectivity index (χ4v) is 2.15. The van der Waals surface area contributed by atoms with Crippen LogP contribution in [0.25, 0.3) is 0 Å². The minimum Gasteiger partial charge on any atom is -0.481 e. The molecule has 18 heavy (non-hydrogen) atoms. The predicted molar refractivity (Wildman–Crippen MR) is 69.6 cm³/mol. The molecule has 0 amide bonds. The summed E-state index contributed by atoms with van der Waals surface area (Å²) in [5, 5.41) is 10.4. The third-order valence-electron chi connectivity index (χ3n) is 3.78. The average Bonchev–Trinajstić information content (AvgIpc) is 2.47. The van der Waals surface area contributed by atoms with Gasteiger partial charge in [0.25, 0.3) is 0 Å². The third kappa shape index (κ3) is 2.08. The smallest absolute Gasteiger partial charge is 0.225 e.